The summed E-state index contributed by atoms with van der Waals surface area (Å²) < 4.78 is 13.1. The number of pyridine rings is 1. The van der Waals surface area contributed by atoms with Crippen LogP contribution >= 0.6 is 0 Å². The molecule has 1 aliphatic heterocycles. The monoisotopic (exact) mass is 313 g/mol. The highest BCUT2D eigenvalue weighted by Crippen LogP contribution is 2.22. The van der Waals surface area contributed by atoms with E-state index in [1.54, 1.807) is 23.2 Å². The summed E-state index contributed by atoms with van der Waals surface area (Å²) in [5.74, 6) is 0.232. The minimum Gasteiger partial charge on any atom is -0.325 e. The Kier molecular flexibility index (Phi) is 4.86. The quantitative estimate of drug-likeness (QED) is 0.939. The number of hydrogen-bond acceptors (Lipinski definition) is 2. The highest BCUT2D eigenvalue weighted by molar-refractivity contribution is 5.89. The number of carbonyl (C=O) groups excluding carboxylic acids is 1. The van der Waals surface area contributed by atoms with Crippen molar-refractivity contribution in [1.29, 1.82) is 0 Å². The van der Waals surface area contributed by atoms with E-state index in [1.807, 2.05) is 12.3 Å². The van der Waals surface area contributed by atoms with E-state index in [-0.39, 0.29) is 11.8 Å². The van der Waals surface area contributed by atoms with E-state index >= 15 is 0 Å². The van der Waals surface area contributed by atoms with Crippen molar-refractivity contribution in [3.05, 3.63) is 60.2 Å². The molecular formula is C18H20FN3O. The first-order chi connectivity index (χ1) is 11.2. The number of benzene rings is 1. The van der Waals surface area contributed by atoms with Crippen molar-refractivity contribution >= 4 is 11.7 Å². The lowest BCUT2D eigenvalue weighted by molar-refractivity contribution is 0.182. The molecule has 2 heterocycles. The number of rotatable bonds is 3. The molecule has 0 bridgehead atoms. The lowest BCUT2D eigenvalue weighted by Gasteiger charge is -2.32. The van der Waals surface area contributed by atoms with Gasteiger partial charge in [-0.15, -0.1) is 0 Å². The van der Waals surface area contributed by atoms with Crippen molar-refractivity contribution in [1.82, 2.24) is 9.88 Å². The van der Waals surface area contributed by atoms with E-state index < -0.39 is 0 Å². The summed E-state index contributed by atoms with van der Waals surface area (Å²) in [4.78, 5) is 18.2. The van der Waals surface area contributed by atoms with Gasteiger partial charge in [0.15, 0.2) is 0 Å². The fourth-order valence-corrected chi connectivity index (χ4v) is 2.96. The second-order valence-electron chi connectivity index (χ2n) is 5.94. The van der Waals surface area contributed by atoms with Gasteiger partial charge in [0, 0.05) is 31.2 Å². The van der Waals surface area contributed by atoms with E-state index in [4.69, 9.17) is 0 Å². The molecule has 1 N–H and O–H groups in total. The Hall–Kier alpha value is -2.43. The molecule has 5 heteroatoms. The fourth-order valence-electron chi connectivity index (χ4n) is 2.96. The fraction of sp³-hybridized carbons (Fsp3) is 0.333. The molecule has 0 radical (unpaired) electrons. The van der Waals surface area contributed by atoms with Crippen LogP contribution in [-0.4, -0.2) is 29.0 Å². The standard InChI is InChI=1S/C18H20FN3O/c19-16-4-1-5-17(12-16)21-18(23)22-9-6-14(7-10-22)11-15-3-2-8-20-13-15/h1-5,8,12-14H,6-7,9-11H2,(H,21,23). The number of nitrogens with one attached hydrogen (secondary N) is 1. The molecule has 3 rings (SSSR count). The van der Waals surface area contributed by atoms with Gasteiger partial charge in [0.2, 0.25) is 0 Å². The summed E-state index contributed by atoms with van der Waals surface area (Å²) in [5, 5.41) is 2.75. The number of piperidine rings is 1. The molecule has 23 heavy (non-hydrogen) atoms. The largest absolute Gasteiger partial charge is 0.325 e. The number of aromatic nitrogens is 1. The smallest absolute Gasteiger partial charge is 0.321 e. The van der Waals surface area contributed by atoms with Crippen LogP contribution in [0.15, 0.2) is 48.8 Å². The first-order valence-corrected chi connectivity index (χ1v) is 7.91. The third-order valence-electron chi connectivity index (χ3n) is 4.22. The third-order valence-corrected chi connectivity index (χ3v) is 4.22. The van der Waals surface area contributed by atoms with Crippen LogP contribution in [0, 0.1) is 11.7 Å². The van der Waals surface area contributed by atoms with E-state index in [0.717, 1.165) is 32.4 Å². The maximum absolute atomic E-state index is 13.1. The summed E-state index contributed by atoms with van der Waals surface area (Å²) in [7, 11) is 0. The molecule has 0 spiro atoms. The third kappa shape index (κ3) is 4.28. The first kappa shape index (κ1) is 15.5. The highest BCUT2D eigenvalue weighted by Gasteiger charge is 2.23. The number of anilines is 1. The summed E-state index contributed by atoms with van der Waals surface area (Å²) in [6.45, 7) is 1.46. The van der Waals surface area contributed by atoms with E-state index in [0.29, 0.717) is 11.6 Å². The lowest BCUT2D eigenvalue weighted by Crippen LogP contribution is -2.41. The van der Waals surface area contributed by atoms with Crippen molar-refractivity contribution in [2.24, 2.45) is 5.92 Å². The van der Waals surface area contributed by atoms with E-state index in [9.17, 15) is 9.18 Å². The van der Waals surface area contributed by atoms with Gasteiger partial charge in [0.05, 0.1) is 0 Å². The summed E-state index contributed by atoms with van der Waals surface area (Å²) in [6, 6.07) is 9.86. The molecule has 120 valence electrons. The van der Waals surface area contributed by atoms with Gasteiger partial charge in [-0.1, -0.05) is 12.1 Å². The van der Waals surface area contributed by atoms with Crippen molar-refractivity contribution in [3.63, 3.8) is 0 Å². The van der Waals surface area contributed by atoms with Gasteiger partial charge >= 0.3 is 6.03 Å². The van der Waals surface area contributed by atoms with Crippen molar-refractivity contribution in [2.45, 2.75) is 19.3 Å². The number of likely N-dealkylation sites (tertiary alicyclic amines) is 1. The van der Waals surface area contributed by atoms with Gasteiger partial charge in [0.25, 0.3) is 0 Å². The molecule has 0 unspecified atom stereocenters. The van der Waals surface area contributed by atoms with E-state index in [2.05, 4.69) is 16.4 Å². The van der Waals surface area contributed by atoms with Gasteiger partial charge in [-0.25, -0.2) is 9.18 Å². The molecule has 1 fully saturated rings. The second kappa shape index (κ2) is 7.22. The van der Waals surface area contributed by atoms with Crippen LogP contribution in [0.3, 0.4) is 0 Å². The predicted octanol–water partition coefficient (Wildman–Crippen LogP) is 3.71. The van der Waals surface area contributed by atoms with E-state index in [1.165, 1.54) is 17.7 Å². The average molecular weight is 313 g/mol. The number of amides is 2. The van der Waals surface area contributed by atoms with Crippen LogP contribution in [0.5, 0.6) is 0 Å². The Morgan fingerprint density at radius 1 is 1.26 bits per heavy atom. The van der Waals surface area contributed by atoms with Crippen molar-refractivity contribution in [2.75, 3.05) is 18.4 Å². The van der Waals surface area contributed by atoms with Crippen molar-refractivity contribution < 1.29 is 9.18 Å². The van der Waals surface area contributed by atoms with Crippen LogP contribution < -0.4 is 5.32 Å². The Balaban J connectivity index is 1.49. The Labute approximate surface area is 135 Å². The molecule has 0 aliphatic carbocycles. The zero-order chi connectivity index (χ0) is 16.1. The van der Waals surface area contributed by atoms with Gasteiger partial charge in [-0.2, -0.15) is 0 Å². The SMILES string of the molecule is O=C(Nc1cccc(F)c1)N1CCC(Cc2cccnc2)CC1. The molecule has 4 nitrogen and oxygen atoms in total. The van der Waals surface area contributed by atoms with Crippen LogP contribution in [-0.2, 0) is 6.42 Å². The maximum atomic E-state index is 13.1. The zero-order valence-electron chi connectivity index (χ0n) is 12.9. The van der Waals surface area contributed by atoms with Crippen LogP contribution in [0.2, 0.25) is 0 Å². The van der Waals surface area contributed by atoms with Gasteiger partial charge in [0.1, 0.15) is 5.82 Å². The van der Waals surface area contributed by atoms with Gasteiger partial charge in [-0.3, -0.25) is 4.98 Å². The molecule has 1 aromatic heterocycles. The molecule has 2 amide bonds. The molecule has 0 atom stereocenters. The predicted molar refractivity (Wildman–Crippen MR) is 87.7 cm³/mol. The molecule has 1 aromatic carbocycles. The molecule has 1 aliphatic rings. The Morgan fingerprint density at radius 3 is 2.78 bits per heavy atom. The average Bonchev–Trinajstić information content (AvgIpc) is 2.56. The van der Waals surface area contributed by atoms with Crippen LogP contribution in [0.1, 0.15) is 18.4 Å². The minimum atomic E-state index is -0.349. The molecule has 2 aromatic rings. The van der Waals surface area contributed by atoms with Crippen LogP contribution in [0.25, 0.3) is 0 Å². The van der Waals surface area contributed by atoms with Gasteiger partial charge < -0.3 is 10.2 Å². The first-order valence-electron chi connectivity index (χ1n) is 7.91. The molecule has 0 saturated carbocycles. The van der Waals surface area contributed by atoms with Crippen LogP contribution in [0.4, 0.5) is 14.9 Å². The number of hydrogen-bond donors (Lipinski definition) is 1. The number of urea groups is 1. The zero-order valence-corrected chi connectivity index (χ0v) is 12.9. The normalized spacial score (nSPS) is 15.4. The minimum absolute atomic E-state index is 0.157. The topological polar surface area (TPSA) is 45.2 Å². The Morgan fingerprint density at radius 2 is 2.09 bits per heavy atom. The highest BCUT2D eigenvalue weighted by atomic mass is 19.1. The van der Waals surface area contributed by atoms with Crippen molar-refractivity contribution in [3.8, 4) is 0 Å². The molecule has 1 saturated heterocycles. The number of halogens is 1. The summed E-state index contributed by atoms with van der Waals surface area (Å²) >= 11 is 0. The lowest BCUT2D eigenvalue weighted by atomic mass is 9.91. The second-order valence-corrected chi connectivity index (χ2v) is 5.94. The van der Waals surface area contributed by atoms with Gasteiger partial charge in [-0.05, 0) is 55.0 Å². The number of carbonyl (C=O) groups is 1. The molecular weight excluding hydrogens is 293 g/mol. The summed E-state index contributed by atoms with van der Waals surface area (Å²) in [6.07, 6.45) is 6.65. The Bertz CT molecular complexity index is 654. The number of nitrogens with zero attached hydrogens (tertiary/aromatic N) is 2. The summed E-state index contributed by atoms with van der Waals surface area (Å²) in [5.41, 5.74) is 1.74. The maximum Gasteiger partial charge on any atom is 0.321 e.